The number of anilines is 1. The van der Waals surface area contributed by atoms with E-state index in [1.54, 1.807) is 0 Å². The van der Waals surface area contributed by atoms with Crippen LogP contribution < -0.4 is 10.6 Å². The summed E-state index contributed by atoms with van der Waals surface area (Å²) in [5, 5.41) is 6.03. The van der Waals surface area contributed by atoms with Crippen molar-refractivity contribution in [2.24, 2.45) is 0 Å². The Balaban J connectivity index is 1.38. The molecule has 1 heterocycles. The molecule has 1 aliphatic heterocycles. The summed E-state index contributed by atoms with van der Waals surface area (Å²) in [4.78, 5) is 29.2. The second-order valence-corrected chi connectivity index (χ2v) is 8.12. The number of carbonyl (C=O) groups excluding carboxylic acids is 2. The van der Waals surface area contributed by atoms with Gasteiger partial charge >= 0.3 is 0 Å². The van der Waals surface area contributed by atoms with Crippen molar-refractivity contribution >= 4 is 17.5 Å². The highest BCUT2D eigenvalue weighted by atomic mass is 16.5. The fraction of sp³-hybridized carbons (Fsp3) is 0.636. The van der Waals surface area contributed by atoms with Crippen molar-refractivity contribution in [2.75, 3.05) is 57.8 Å². The van der Waals surface area contributed by atoms with Gasteiger partial charge in [0.1, 0.15) is 0 Å². The first-order chi connectivity index (χ1) is 14.0. The summed E-state index contributed by atoms with van der Waals surface area (Å²) in [6.07, 6.45) is 2.64. The van der Waals surface area contributed by atoms with Crippen molar-refractivity contribution in [1.29, 1.82) is 0 Å². The minimum atomic E-state index is -0.0154. The van der Waals surface area contributed by atoms with Crippen molar-refractivity contribution in [3.8, 4) is 0 Å². The first kappa shape index (κ1) is 21.7. The monoisotopic (exact) mass is 402 g/mol. The third-order valence-corrected chi connectivity index (χ3v) is 5.56. The average Bonchev–Trinajstić information content (AvgIpc) is 3.54. The van der Waals surface area contributed by atoms with Gasteiger partial charge in [0.05, 0.1) is 19.8 Å². The molecule has 2 amide bonds. The number of nitrogens with zero attached hydrogens (tertiary/aromatic N) is 2. The van der Waals surface area contributed by atoms with Crippen molar-refractivity contribution in [3.63, 3.8) is 0 Å². The minimum absolute atomic E-state index is 0.0154. The van der Waals surface area contributed by atoms with Gasteiger partial charge in [0.15, 0.2) is 0 Å². The zero-order valence-electron chi connectivity index (χ0n) is 17.7. The third-order valence-electron chi connectivity index (χ3n) is 5.56. The van der Waals surface area contributed by atoms with Crippen LogP contribution in [0.3, 0.4) is 0 Å². The van der Waals surface area contributed by atoms with E-state index in [-0.39, 0.29) is 11.8 Å². The number of aryl methyl sites for hydroxylation is 2. The molecule has 1 aromatic carbocycles. The number of rotatable bonds is 10. The van der Waals surface area contributed by atoms with Gasteiger partial charge in [-0.3, -0.25) is 19.4 Å². The predicted molar refractivity (Wildman–Crippen MR) is 114 cm³/mol. The summed E-state index contributed by atoms with van der Waals surface area (Å²) in [6.45, 7) is 9.89. The zero-order chi connectivity index (χ0) is 20.6. The van der Waals surface area contributed by atoms with Gasteiger partial charge < -0.3 is 15.4 Å². The van der Waals surface area contributed by atoms with Gasteiger partial charge in [-0.15, -0.1) is 0 Å². The van der Waals surface area contributed by atoms with E-state index >= 15 is 0 Å². The van der Waals surface area contributed by atoms with Crippen LogP contribution in [0, 0.1) is 13.8 Å². The standard InChI is InChI=1S/C22H34N4O3/c1-17-3-4-18(2)20(15-17)24-22(28)16-26(19-5-6-19)9-7-21(27)23-8-10-25-11-13-29-14-12-25/h3-4,15,19H,5-14,16H2,1-2H3,(H,23,27)(H,24,28). The second kappa shape index (κ2) is 10.7. The first-order valence-electron chi connectivity index (χ1n) is 10.7. The Morgan fingerprint density at radius 1 is 1.17 bits per heavy atom. The summed E-state index contributed by atoms with van der Waals surface area (Å²) in [7, 11) is 0. The molecule has 0 aromatic heterocycles. The van der Waals surface area contributed by atoms with Crippen LogP contribution in [-0.4, -0.2) is 80.1 Å². The maximum atomic E-state index is 12.5. The third kappa shape index (κ3) is 7.42. The molecule has 0 unspecified atom stereocenters. The molecule has 2 fully saturated rings. The number of amides is 2. The van der Waals surface area contributed by atoms with E-state index < -0.39 is 0 Å². The summed E-state index contributed by atoms with van der Waals surface area (Å²) in [6, 6.07) is 6.49. The predicted octanol–water partition coefficient (Wildman–Crippen LogP) is 1.54. The number of benzene rings is 1. The molecule has 0 atom stereocenters. The Hall–Kier alpha value is -1.96. The maximum Gasteiger partial charge on any atom is 0.238 e. The van der Waals surface area contributed by atoms with E-state index in [4.69, 9.17) is 4.74 Å². The van der Waals surface area contributed by atoms with Crippen LogP contribution in [0.4, 0.5) is 5.69 Å². The minimum Gasteiger partial charge on any atom is -0.379 e. The Labute approximate surface area is 173 Å². The van der Waals surface area contributed by atoms with Crippen LogP contribution in [0.1, 0.15) is 30.4 Å². The number of nitrogens with one attached hydrogen (secondary N) is 2. The van der Waals surface area contributed by atoms with Gasteiger partial charge in [0.2, 0.25) is 11.8 Å². The van der Waals surface area contributed by atoms with Gasteiger partial charge in [-0.25, -0.2) is 0 Å². The van der Waals surface area contributed by atoms with Crippen LogP contribution in [0.25, 0.3) is 0 Å². The Morgan fingerprint density at radius 2 is 1.93 bits per heavy atom. The molecule has 1 saturated heterocycles. The van der Waals surface area contributed by atoms with E-state index in [1.165, 1.54) is 0 Å². The Bertz CT molecular complexity index is 699. The number of hydrogen-bond acceptors (Lipinski definition) is 5. The summed E-state index contributed by atoms with van der Waals surface area (Å²) >= 11 is 0. The molecule has 7 heteroatoms. The lowest BCUT2D eigenvalue weighted by Gasteiger charge is -2.26. The van der Waals surface area contributed by atoms with Gasteiger partial charge in [-0.2, -0.15) is 0 Å². The van der Waals surface area contributed by atoms with Crippen molar-refractivity contribution < 1.29 is 14.3 Å². The summed E-state index contributed by atoms with van der Waals surface area (Å²) in [5.74, 6) is 0.0390. The highest BCUT2D eigenvalue weighted by Crippen LogP contribution is 2.27. The van der Waals surface area contributed by atoms with Gasteiger partial charge in [0.25, 0.3) is 0 Å². The number of hydrogen-bond donors (Lipinski definition) is 2. The maximum absolute atomic E-state index is 12.5. The molecule has 160 valence electrons. The molecular weight excluding hydrogens is 368 g/mol. The van der Waals surface area contributed by atoms with E-state index in [0.717, 1.165) is 62.5 Å². The molecule has 2 N–H and O–H groups in total. The largest absolute Gasteiger partial charge is 0.379 e. The van der Waals surface area contributed by atoms with Crippen LogP contribution in [0.15, 0.2) is 18.2 Å². The molecule has 0 radical (unpaired) electrons. The number of ether oxygens (including phenoxy) is 1. The van der Waals surface area contributed by atoms with Crippen LogP contribution in [0.2, 0.25) is 0 Å². The van der Waals surface area contributed by atoms with Gasteiger partial charge in [-0.1, -0.05) is 12.1 Å². The topological polar surface area (TPSA) is 73.9 Å². The van der Waals surface area contributed by atoms with Gasteiger partial charge in [-0.05, 0) is 43.9 Å². The normalized spacial score (nSPS) is 17.3. The fourth-order valence-electron chi connectivity index (χ4n) is 3.59. The van der Waals surface area contributed by atoms with Crippen molar-refractivity contribution in [1.82, 2.24) is 15.1 Å². The Kier molecular flexibility index (Phi) is 8.03. The lowest BCUT2D eigenvalue weighted by atomic mass is 10.1. The van der Waals surface area contributed by atoms with E-state index in [9.17, 15) is 9.59 Å². The summed E-state index contributed by atoms with van der Waals surface area (Å²) in [5.41, 5.74) is 3.05. The molecule has 7 nitrogen and oxygen atoms in total. The lowest BCUT2D eigenvalue weighted by Crippen LogP contribution is -2.42. The highest BCUT2D eigenvalue weighted by molar-refractivity contribution is 5.93. The van der Waals surface area contributed by atoms with Crippen molar-refractivity contribution in [2.45, 2.75) is 39.2 Å². The first-order valence-corrected chi connectivity index (χ1v) is 10.7. The molecule has 0 spiro atoms. The molecule has 2 aliphatic rings. The average molecular weight is 403 g/mol. The second-order valence-electron chi connectivity index (χ2n) is 8.12. The molecule has 3 rings (SSSR count). The highest BCUT2D eigenvalue weighted by Gasteiger charge is 2.30. The van der Waals surface area contributed by atoms with E-state index in [2.05, 4.69) is 20.4 Å². The van der Waals surface area contributed by atoms with Crippen LogP contribution in [0.5, 0.6) is 0 Å². The number of carbonyl (C=O) groups is 2. The number of morpholine rings is 1. The van der Waals surface area contributed by atoms with E-state index in [0.29, 0.717) is 32.1 Å². The zero-order valence-corrected chi connectivity index (χ0v) is 17.7. The fourth-order valence-corrected chi connectivity index (χ4v) is 3.59. The molecule has 0 bridgehead atoms. The molecule has 1 saturated carbocycles. The summed E-state index contributed by atoms with van der Waals surface area (Å²) < 4.78 is 5.33. The van der Waals surface area contributed by atoms with Crippen LogP contribution in [-0.2, 0) is 14.3 Å². The SMILES string of the molecule is Cc1ccc(C)c(NC(=O)CN(CCC(=O)NCCN2CCOCC2)C2CC2)c1. The molecule has 1 aromatic rings. The van der Waals surface area contributed by atoms with Crippen molar-refractivity contribution in [3.05, 3.63) is 29.3 Å². The van der Waals surface area contributed by atoms with E-state index in [1.807, 2.05) is 32.0 Å². The van der Waals surface area contributed by atoms with Crippen LogP contribution >= 0.6 is 0 Å². The quantitative estimate of drug-likeness (QED) is 0.621. The lowest BCUT2D eigenvalue weighted by molar-refractivity contribution is -0.122. The molecular formula is C22H34N4O3. The Morgan fingerprint density at radius 3 is 2.66 bits per heavy atom. The molecule has 1 aliphatic carbocycles. The molecule has 29 heavy (non-hydrogen) atoms. The van der Waals surface area contributed by atoms with Gasteiger partial charge in [0, 0.05) is 50.9 Å². The smallest absolute Gasteiger partial charge is 0.238 e.